The number of hydrogen-bond donors (Lipinski definition) is 0. The van der Waals surface area contributed by atoms with E-state index in [0.29, 0.717) is 22.4 Å². The Morgan fingerprint density at radius 3 is 2.17 bits per heavy atom. The Bertz CT molecular complexity index is 2040. The molecule has 0 saturated heterocycles. The first-order chi connectivity index (χ1) is 22.1. The van der Waals surface area contributed by atoms with Gasteiger partial charge in [0.25, 0.3) is 0 Å². The molecule has 2 heterocycles. The zero-order chi connectivity index (χ0) is 32.4. The van der Waals surface area contributed by atoms with Crippen LogP contribution in [0.5, 0.6) is 0 Å². The van der Waals surface area contributed by atoms with Crippen LogP contribution in [0.4, 0.5) is 8.78 Å². The highest BCUT2D eigenvalue weighted by atomic mass is 79.9. The fraction of sp³-hybridized carbons (Fsp3) is 0.154. The Morgan fingerprint density at radius 2 is 1.37 bits per heavy atom. The van der Waals surface area contributed by atoms with E-state index in [2.05, 4.69) is 63.0 Å². The number of hydrogen-bond acceptors (Lipinski definition) is 3. The molecule has 6 aromatic rings. The van der Waals surface area contributed by atoms with Gasteiger partial charge in [-0.1, -0.05) is 56.1 Å². The van der Waals surface area contributed by atoms with Crippen LogP contribution in [-0.4, -0.2) is 5.78 Å². The lowest BCUT2D eigenvalue weighted by molar-refractivity contribution is 0.104. The zero-order valence-corrected chi connectivity index (χ0v) is 30.1. The SMILES string of the molecule is Cc1ccc(Br)cc1C(=O)c1ccc(-c2ccc(F)c(CCCc3cc(Br)cc(Cc4ccc(-c5ccc(F)cc5)s4)c3C)c2)s1. The second-order valence-electron chi connectivity index (χ2n) is 11.4. The number of rotatable bonds is 10. The smallest absolute Gasteiger partial charge is 0.203 e. The van der Waals surface area contributed by atoms with Crippen molar-refractivity contribution in [2.24, 2.45) is 0 Å². The fourth-order valence-electron chi connectivity index (χ4n) is 5.65. The summed E-state index contributed by atoms with van der Waals surface area (Å²) >= 11 is 10.3. The second-order valence-corrected chi connectivity index (χ2v) is 15.5. The van der Waals surface area contributed by atoms with Crippen LogP contribution < -0.4 is 0 Å². The van der Waals surface area contributed by atoms with Gasteiger partial charge in [-0.05, 0) is 145 Å². The second kappa shape index (κ2) is 14.3. The minimum atomic E-state index is -0.231. The standard InChI is InChI=1S/C39H30Br2F2OS2/c1-23-6-10-30(40)22-34(23)39(44)38-17-16-37(46-38)28-9-14-35(43)27(18-28)5-3-4-26-19-31(41)20-29(24(26)2)21-33-13-15-36(45-33)25-7-11-32(42)12-8-25/h6-20,22H,3-5,21H2,1-2H3. The van der Waals surface area contributed by atoms with Gasteiger partial charge in [0.15, 0.2) is 0 Å². The summed E-state index contributed by atoms with van der Waals surface area (Å²) in [7, 11) is 0. The summed E-state index contributed by atoms with van der Waals surface area (Å²) in [5.74, 6) is -0.443. The largest absolute Gasteiger partial charge is 0.288 e. The van der Waals surface area contributed by atoms with Crippen molar-refractivity contribution in [3.8, 4) is 20.9 Å². The Labute approximate surface area is 293 Å². The van der Waals surface area contributed by atoms with Crippen LogP contribution in [0.2, 0.25) is 0 Å². The number of benzene rings is 4. The molecule has 0 amide bonds. The van der Waals surface area contributed by atoms with E-state index in [1.54, 1.807) is 17.4 Å². The van der Waals surface area contributed by atoms with Crippen LogP contribution in [0, 0.1) is 25.5 Å². The maximum absolute atomic E-state index is 15.0. The first kappa shape index (κ1) is 32.7. The fourth-order valence-corrected chi connectivity index (χ4v) is 8.55. The van der Waals surface area contributed by atoms with E-state index < -0.39 is 0 Å². The van der Waals surface area contributed by atoms with Crippen LogP contribution in [0.25, 0.3) is 20.9 Å². The molecule has 0 aliphatic heterocycles. The Hall–Kier alpha value is -3.23. The molecule has 0 spiro atoms. The first-order valence-electron chi connectivity index (χ1n) is 15.0. The average molecular weight is 777 g/mol. The van der Waals surface area contributed by atoms with E-state index in [9.17, 15) is 13.6 Å². The van der Waals surface area contributed by atoms with Gasteiger partial charge in [0.05, 0.1) is 4.88 Å². The average Bonchev–Trinajstić information content (AvgIpc) is 3.72. The number of carbonyl (C=O) groups excluding carboxylic acids is 1. The summed E-state index contributed by atoms with van der Waals surface area (Å²) in [5, 5.41) is 0. The molecule has 0 unspecified atom stereocenters. The van der Waals surface area contributed by atoms with Gasteiger partial charge in [-0.15, -0.1) is 22.7 Å². The third-order valence-electron chi connectivity index (χ3n) is 8.24. The quantitative estimate of drug-likeness (QED) is 0.127. The number of ketones is 1. The van der Waals surface area contributed by atoms with Crippen molar-refractivity contribution in [1.82, 2.24) is 0 Å². The topological polar surface area (TPSA) is 17.1 Å². The molecule has 232 valence electrons. The van der Waals surface area contributed by atoms with Crippen molar-refractivity contribution in [2.45, 2.75) is 39.5 Å². The summed E-state index contributed by atoms with van der Waals surface area (Å²) in [6, 6.07) is 30.0. The monoisotopic (exact) mass is 774 g/mol. The third-order valence-corrected chi connectivity index (χ3v) is 11.5. The third kappa shape index (κ3) is 7.49. The van der Waals surface area contributed by atoms with Crippen molar-refractivity contribution >= 4 is 60.3 Å². The maximum atomic E-state index is 15.0. The molecule has 46 heavy (non-hydrogen) atoms. The number of thiophene rings is 2. The van der Waals surface area contributed by atoms with E-state index in [0.717, 1.165) is 54.7 Å². The summed E-state index contributed by atoms with van der Waals surface area (Å²) in [6.07, 6.45) is 3.06. The highest BCUT2D eigenvalue weighted by Gasteiger charge is 2.17. The maximum Gasteiger partial charge on any atom is 0.203 e. The number of carbonyl (C=O) groups is 1. The number of halogens is 4. The van der Waals surface area contributed by atoms with Crippen LogP contribution >= 0.6 is 54.5 Å². The van der Waals surface area contributed by atoms with Gasteiger partial charge < -0.3 is 0 Å². The van der Waals surface area contributed by atoms with Gasteiger partial charge in [0, 0.05) is 35.6 Å². The van der Waals surface area contributed by atoms with E-state index in [-0.39, 0.29) is 17.4 Å². The van der Waals surface area contributed by atoms with Gasteiger partial charge >= 0.3 is 0 Å². The predicted octanol–water partition coefficient (Wildman–Crippen LogP) is 12.6. The minimum absolute atomic E-state index is 0.00598. The molecule has 0 saturated carbocycles. The van der Waals surface area contributed by atoms with E-state index in [1.807, 2.05) is 55.5 Å². The van der Waals surface area contributed by atoms with Crippen molar-refractivity contribution in [1.29, 1.82) is 0 Å². The lowest BCUT2D eigenvalue weighted by Gasteiger charge is -2.13. The molecular weight excluding hydrogens is 746 g/mol. The Kier molecular flexibility index (Phi) is 10.1. The molecule has 0 fully saturated rings. The molecule has 0 radical (unpaired) electrons. The van der Waals surface area contributed by atoms with Crippen molar-refractivity contribution in [3.63, 3.8) is 0 Å². The first-order valence-corrected chi connectivity index (χ1v) is 18.2. The normalized spacial score (nSPS) is 11.3. The molecule has 0 aliphatic carbocycles. The summed E-state index contributed by atoms with van der Waals surface area (Å²) in [6.45, 7) is 4.10. The van der Waals surface area contributed by atoms with Gasteiger partial charge in [-0.25, -0.2) is 8.78 Å². The lowest BCUT2D eigenvalue weighted by Crippen LogP contribution is -2.01. The lowest BCUT2D eigenvalue weighted by atomic mass is 9.95. The van der Waals surface area contributed by atoms with Gasteiger partial charge in [-0.2, -0.15) is 0 Å². The van der Waals surface area contributed by atoms with Crippen LogP contribution in [0.1, 0.15) is 54.4 Å². The van der Waals surface area contributed by atoms with Gasteiger partial charge in [0.2, 0.25) is 5.78 Å². The molecular formula is C39H30Br2F2OS2. The molecule has 0 bridgehead atoms. The van der Waals surface area contributed by atoms with Gasteiger partial charge in [-0.3, -0.25) is 4.79 Å². The van der Waals surface area contributed by atoms with Crippen molar-refractivity contribution in [3.05, 3.63) is 161 Å². The molecule has 4 aromatic carbocycles. The minimum Gasteiger partial charge on any atom is -0.288 e. The van der Waals surface area contributed by atoms with Crippen LogP contribution in [0.3, 0.4) is 0 Å². The van der Waals surface area contributed by atoms with E-state index >= 15 is 0 Å². The number of aryl methyl sites for hydroxylation is 3. The zero-order valence-electron chi connectivity index (χ0n) is 25.3. The molecule has 1 nitrogen and oxygen atoms in total. The van der Waals surface area contributed by atoms with Crippen LogP contribution in [0.15, 0.2) is 106 Å². The highest BCUT2D eigenvalue weighted by molar-refractivity contribution is 9.10. The molecule has 0 atom stereocenters. The van der Waals surface area contributed by atoms with Crippen molar-refractivity contribution < 1.29 is 13.6 Å². The Morgan fingerprint density at radius 1 is 0.674 bits per heavy atom. The predicted molar refractivity (Wildman–Crippen MR) is 195 cm³/mol. The summed E-state index contributed by atoms with van der Waals surface area (Å²) in [5.41, 5.74) is 7.99. The van der Waals surface area contributed by atoms with Crippen LogP contribution in [-0.2, 0) is 19.3 Å². The molecule has 0 N–H and O–H groups in total. The molecule has 0 aliphatic rings. The van der Waals surface area contributed by atoms with Gasteiger partial charge in [0.1, 0.15) is 11.6 Å². The highest BCUT2D eigenvalue weighted by Crippen LogP contribution is 2.34. The summed E-state index contributed by atoms with van der Waals surface area (Å²) in [4.78, 5) is 17.2. The molecule has 6 rings (SSSR count). The summed E-state index contributed by atoms with van der Waals surface area (Å²) < 4.78 is 30.2. The van der Waals surface area contributed by atoms with E-state index in [1.165, 1.54) is 51.1 Å². The van der Waals surface area contributed by atoms with Crippen molar-refractivity contribution in [2.75, 3.05) is 0 Å². The Balaban J connectivity index is 1.13. The molecule has 2 aromatic heterocycles. The van der Waals surface area contributed by atoms with E-state index in [4.69, 9.17) is 0 Å². The molecule has 7 heteroatoms.